The average Bonchev–Trinajstić information content (AvgIpc) is 2.96. The molecule has 0 amide bonds. The number of aryl methyl sites for hydroxylation is 1. The van der Waals surface area contributed by atoms with Crippen molar-refractivity contribution in [2.75, 3.05) is 12.4 Å². The molecule has 1 N–H and O–H groups in total. The monoisotopic (exact) mass is 302 g/mol. The molecule has 1 aromatic heterocycles. The summed E-state index contributed by atoms with van der Waals surface area (Å²) in [7, 11) is 1.37. The number of carbonyl (C=O) groups excluding carboxylic acids is 1. The second kappa shape index (κ2) is 7.04. The van der Waals surface area contributed by atoms with Crippen molar-refractivity contribution in [1.29, 1.82) is 0 Å². The molecule has 1 aromatic carbocycles. The fourth-order valence-electron chi connectivity index (χ4n) is 1.88. The number of ether oxygens (including phenoxy) is 1. The summed E-state index contributed by atoms with van der Waals surface area (Å²) in [5.74, 6) is -0.373. The van der Waals surface area contributed by atoms with Gasteiger partial charge in [0.05, 0.1) is 18.4 Å². The number of methoxy groups -OCH3 is 1. The molecular weight excluding hydrogens is 284 g/mol. The molecule has 0 fully saturated rings. The summed E-state index contributed by atoms with van der Waals surface area (Å²) in [5.41, 5.74) is 3.38. The lowest BCUT2D eigenvalue weighted by molar-refractivity contribution is -0.133. The smallest absolute Gasteiger partial charge is 0.339 e. The SMILES string of the molecule is CC=C(C(=O)OC)c1csc(Nc2ccc(CC)cc2)n1. The first-order chi connectivity index (χ1) is 10.2. The Labute approximate surface area is 128 Å². The Kier molecular flexibility index (Phi) is 5.11. The van der Waals surface area contributed by atoms with Crippen molar-refractivity contribution in [1.82, 2.24) is 4.98 Å². The summed E-state index contributed by atoms with van der Waals surface area (Å²) in [6, 6.07) is 8.22. The number of esters is 1. The van der Waals surface area contributed by atoms with Crippen molar-refractivity contribution in [2.24, 2.45) is 0 Å². The Bertz CT molecular complexity index is 645. The van der Waals surface area contributed by atoms with Gasteiger partial charge in [-0.05, 0) is 31.0 Å². The molecule has 0 radical (unpaired) electrons. The van der Waals surface area contributed by atoms with E-state index < -0.39 is 0 Å². The predicted octanol–water partition coefficient (Wildman–Crippen LogP) is 4.03. The maximum absolute atomic E-state index is 11.6. The van der Waals surface area contributed by atoms with E-state index in [9.17, 15) is 4.79 Å². The van der Waals surface area contributed by atoms with E-state index in [0.29, 0.717) is 11.3 Å². The van der Waals surface area contributed by atoms with Gasteiger partial charge in [0.1, 0.15) is 0 Å². The molecule has 0 aliphatic rings. The van der Waals surface area contributed by atoms with Crippen LogP contribution >= 0.6 is 11.3 Å². The summed E-state index contributed by atoms with van der Waals surface area (Å²) in [4.78, 5) is 16.1. The van der Waals surface area contributed by atoms with Gasteiger partial charge < -0.3 is 10.1 Å². The van der Waals surface area contributed by atoms with E-state index in [1.807, 2.05) is 17.5 Å². The number of benzene rings is 1. The van der Waals surface area contributed by atoms with Crippen molar-refractivity contribution in [2.45, 2.75) is 20.3 Å². The Morgan fingerprint density at radius 2 is 2.10 bits per heavy atom. The van der Waals surface area contributed by atoms with Gasteiger partial charge in [-0.3, -0.25) is 0 Å². The first kappa shape index (κ1) is 15.3. The summed E-state index contributed by atoms with van der Waals surface area (Å²) >= 11 is 1.46. The van der Waals surface area contributed by atoms with E-state index in [-0.39, 0.29) is 5.97 Å². The van der Waals surface area contributed by atoms with E-state index in [2.05, 4.69) is 29.4 Å². The molecule has 0 unspecified atom stereocenters. The van der Waals surface area contributed by atoms with Crippen LogP contribution in [0.15, 0.2) is 35.7 Å². The maximum atomic E-state index is 11.6. The quantitative estimate of drug-likeness (QED) is 0.669. The normalized spacial score (nSPS) is 11.3. The molecule has 5 heteroatoms. The fraction of sp³-hybridized carbons (Fsp3) is 0.250. The zero-order valence-electron chi connectivity index (χ0n) is 12.3. The van der Waals surface area contributed by atoms with Crippen LogP contribution < -0.4 is 5.32 Å². The number of hydrogen-bond donors (Lipinski definition) is 1. The largest absolute Gasteiger partial charge is 0.465 e. The topological polar surface area (TPSA) is 51.2 Å². The van der Waals surface area contributed by atoms with Gasteiger partial charge in [0.25, 0.3) is 0 Å². The Morgan fingerprint density at radius 3 is 2.67 bits per heavy atom. The van der Waals surface area contributed by atoms with Gasteiger partial charge in [0, 0.05) is 11.1 Å². The highest BCUT2D eigenvalue weighted by molar-refractivity contribution is 7.13. The minimum Gasteiger partial charge on any atom is -0.465 e. The van der Waals surface area contributed by atoms with E-state index in [0.717, 1.165) is 17.2 Å². The van der Waals surface area contributed by atoms with Gasteiger partial charge in [-0.25, -0.2) is 9.78 Å². The average molecular weight is 302 g/mol. The molecule has 0 aliphatic carbocycles. The summed E-state index contributed by atoms with van der Waals surface area (Å²) in [6.45, 7) is 3.92. The lowest BCUT2D eigenvalue weighted by Gasteiger charge is -2.04. The lowest BCUT2D eigenvalue weighted by Crippen LogP contribution is -2.04. The first-order valence-corrected chi connectivity index (χ1v) is 7.62. The minimum atomic E-state index is -0.373. The van der Waals surface area contributed by atoms with Crippen molar-refractivity contribution >= 4 is 33.7 Å². The number of rotatable bonds is 5. The van der Waals surface area contributed by atoms with Crippen LogP contribution in [0.4, 0.5) is 10.8 Å². The third-order valence-electron chi connectivity index (χ3n) is 3.09. The number of carbonyl (C=O) groups is 1. The Hall–Kier alpha value is -2.14. The number of anilines is 2. The molecule has 0 atom stereocenters. The van der Waals surface area contributed by atoms with Gasteiger partial charge in [-0.2, -0.15) is 0 Å². The first-order valence-electron chi connectivity index (χ1n) is 6.74. The number of nitrogens with zero attached hydrogens (tertiary/aromatic N) is 1. The third kappa shape index (κ3) is 3.70. The van der Waals surface area contributed by atoms with Gasteiger partial charge in [0.2, 0.25) is 0 Å². The second-order valence-corrected chi connectivity index (χ2v) is 5.27. The van der Waals surface area contributed by atoms with Gasteiger partial charge >= 0.3 is 5.97 Å². The van der Waals surface area contributed by atoms with Crippen LogP contribution in [-0.4, -0.2) is 18.1 Å². The van der Waals surface area contributed by atoms with Gasteiger partial charge in [-0.15, -0.1) is 11.3 Å². The van der Waals surface area contributed by atoms with Crippen LogP contribution in [0.2, 0.25) is 0 Å². The maximum Gasteiger partial charge on any atom is 0.339 e. The summed E-state index contributed by atoms with van der Waals surface area (Å²) < 4.78 is 4.75. The number of aromatic nitrogens is 1. The summed E-state index contributed by atoms with van der Waals surface area (Å²) in [5, 5.41) is 5.83. The highest BCUT2D eigenvalue weighted by Crippen LogP contribution is 2.25. The highest BCUT2D eigenvalue weighted by atomic mass is 32.1. The molecule has 0 aliphatic heterocycles. The molecule has 4 nitrogen and oxygen atoms in total. The molecule has 0 saturated heterocycles. The molecule has 1 heterocycles. The second-order valence-electron chi connectivity index (χ2n) is 4.41. The van der Waals surface area contributed by atoms with Crippen LogP contribution in [0.3, 0.4) is 0 Å². The minimum absolute atomic E-state index is 0.373. The fourth-order valence-corrected chi connectivity index (χ4v) is 2.61. The van der Waals surface area contributed by atoms with Crippen LogP contribution in [0, 0.1) is 0 Å². The molecule has 2 rings (SSSR count). The molecular formula is C16H18N2O2S. The zero-order chi connectivity index (χ0) is 15.2. The third-order valence-corrected chi connectivity index (χ3v) is 3.85. The van der Waals surface area contributed by atoms with Crippen LogP contribution in [0.5, 0.6) is 0 Å². The molecule has 0 spiro atoms. The van der Waals surface area contributed by atoms with Crippen molar-refractivity contribution < 1.29 is 9.53 Å². The molecule has 2 aromatic rings. The van der Waals surface area contributed by atoms with Crippen LogP contribution in [0.25, 0.3) is 5.57 Å². The van der Waals surface area contributed by atoms with E-state index >= 15 is 0 Å². The lowest BCUT2D eigenvalue weighted by atomic mass is 10.1. The highest BCUT2D eigenvalue weighted by Gasteiger charge is 2.14. The van der Waals surface area contributed by atoms with Crippen LogP contribution in [0.1, 0.15) is 25.1 Å². The number of allylic oxidation sites excluding steroid dienone is 1. The number of hydrogen-bond acceptors (Lipinski definition) is 5. The molecule has 0 bridgehead atoms. The number of thiazole rings is 1. The van der Waals surface area contributed by atoms with Crippen molar-refractivity contribution in [3.8, 4) is 0 Å². The molecule has 110 valence electrons. The van der Waals surface area contributed by atoms with Crippen molar-refractivity contribution in [3.63, 3.8) is 0 Å². The van der Waals surface area contributed by atoms with Gasteiger partial charge in [0.15, 0.2) is 5.13 Å². The standard InChI is InChI=1S/C16H18N2O2S/c1-4-11-6-8-12(9-7-11)17-16-18-14(10-21-16)13(5-2)15(19)20-3/h5-10H,4H2,1-3H3,(H,17,18). The predicted molar refractivity (Wildman–Crippen MR) is 86.9 cm³/mol. The van der Waals surface area contributed by atoms with E-state index in [1.165, 1.54) is 24.0 Å². The summed E-state index contributed by atoms with van der Waals surface area (Å²) in [6.07, 6.45) is 2.73. The van der Waals surface area contributed by atoms with E-state index in [1.54, 1.807) is 13.0 Å². The molecule has 21 heavy (non-hydrogen) atoms. The Morgan fingerprint density at radius 1 is 1.38 bits per heavy atom. The van der Waals surface area contributed by atoms with E-state index in [4.69, 9.17) is 4.74 Å². The van der Waals surface area contributed by atoms with Crippen molar-refractivity contribution in [3.05, 3.63) is 47.0 Å². The zero-order valence-corrected chi connectivity index (χ0v) is 13.2. The van der Waals surface area contributed by atoms with Crippen LogP contribution in [-0.2, 0) is 16.0 Å². The number of nitrogens with one attached hydrogen (secondary N) is 1. The van der Waals surface area contributed by atoms with Gasteiger partial charge in [-0.1, -0.05) is 25.1 Å². The molecule has 0 saturated carbocycles. The Balaban J connectivity index is 2.14.